The molecule has 5 heteroatoms. The highest BCUT2D eigenvalue weighted by atomic mass is 16.5. The van der Waals surface area contributed by atoms with Gasteiger partial charge in [-0.2, -0.15) is 10.2 Å². The van der Waals surface area contributed by atoms with Gasteiger partial charge >= 0.3 is 5.97 Å². The topological polar surface area (TPSA) is 60.3 Å². The molecule has 0 aliphatic carbocycles. The second-order valence-electron chi connectivity index (χ2n) is 7.07. The van der Waals surface area contributed by atoms with Gasteiger partial charge in [-0.1, -0.05) is 25.5 Å². The standard InChI is InChI=1S/C24H32N2O3/c1-3-4-9-21-10-12-22(13-11-21)25-26-23-14-16-24(17-15-23)29-19-8-6-5-7-18-28-20(2)27/h10-17H,3-9,18-19H2,1-2H3. The Morgan fingerprint density at radius 3 is 1.97 bits per heavy atom. The molecule has 2 aromatic rings. The highest BCUT2D eigenvalue weighted by Gasteiger charge is 1.98. The van der Waals surface area contributed by atoms with E-state index in [-0.39, 0.29) is 5.97 Å². The van der Waals surface area contributed by atoms with Gasteiger partial charge in [-0.3, -0.25) is 4.79 Å². The maximum absolute atomic E-state index is 10.7. The van der Waals surface area contributed by atoms with Crippen LogP contribution < -0.4 is 4.74 Å². The third kappa shape index (κ3) is 9.88. The predicted octanol–water partition coefficient (Wildman–Crippen LogP) is 6.95. The molecule has 0 aliphatic rings. The number of ether oxygens (including phenoxy) is 2. The van der Waals surface area contributed by atoms with Crippen LogP contribution in [0, 0.1) is 0 Å². The first-order valence-electron chi connectivity index (χ1n) is 10.5. The number of aryl methyl sites for hydroxylation is 1. The number of esters is 1. The van der Waals surface area contributed by atoms with Crippen molar-refractivity contribution in [3.8, 4) is 5.75 Å². The fourth-order valence-electron chi connectivity index (χ4n) is 2.80. The van der Waals surface area contributed by atoms with Gasteiger partial charge < -0.3 is 9.47 Å². The lowest BCUT2D eigenvalue weighted by atomic mass is 10.1. The van der Waals surface area contributed by atoms with E-state index in [0.29, 0.717) is 13.2 Å². The van der Waals surface area contributed by atoms with Gasteiger partial charge in [0.2, 0.25) is 0 Å². The third-order valence-electron chi connectivity index (χ3n) is 4.49. The first-order chi connectivity index (χ1) is 14.2. The Labute approximate surface area is 174 Å². The second-order valence-corrected chi connectivity index (χ2v) is 7.07. The summed E-state index contributed by atoms with van der Waals surface area (Å²) in [5.74, 6) is 0.626. The first kappa shape index (κ1) is 22.6. The number of rotatable bonds is 13. The van der Waals surface area contributed by atoms with Crippen molar-refractivity contribution in [1.29, 1.82) is 0 Å². The quantitative estimate of drug-likeness (QED) is 0.209. The number of nitrogens with zero attached hydrogens (tertiary/aromatic N) is 2. The number of hydrogen-bond acceptors (Lipinski definition) is 5. The SMILES string of the molecule is CCCCc1ccc(N=Nc2ccc(OCCCCCCOC(C)=O)cc2)cc1. The van der Waals surface area contributed by atoms with E-state index in [2.05, 4.69) is 29.3 Å². The van der Waals surface area contributed by atoms with Crippen LogP contribution >= 0.6 is 0 Å². The smallest absolute Gasteiger partial charge is 0.302 e. The van der Waals surface area contributed by atoms with E-state index in [1.807, 2.05) is 36.4 Å². The first-order valence-corrected chi connectivity index (χ1v) is 10.5. The molecule has 0 heterocycles. The van der Waals surface area contributed by atoms with Crippen LogP contribution in [0.4, 0.5) is 11.4 Å². The molecular formula is C24H32N2O3. The maximum Gasteiger partial charge on any atom is 0.302 e. The molecule has 0 aromatic heterocycles. The average Bonchev–Trinajstić information content (AvgIpc) is 2.74. The van der Waals surface area contributed by atoms with E-state index in [1.54, 1.807) is 0 Å². The predicted molar refractivity (Wildman–Crippen MR) is 116 cm³/mol. The number of benzene rings is 2. The van der Waals surface area contributed by atoms with Crippen LogP contribution in [0.1, 0.15) is 57.9 Å². The summed E-state index contributed by atoms with van der Waals surface area (Å²) in [7, 11) is 0. The molecule has 0 aliphatic heterocycles. The van der Waals surface area contributed by atoms with Crippen molar-refractivity contribution in [1.82, 2.24) is 0 Å². The lowest BCUT2D eigenvalue weighted by Gasteiger charge is -2.06. The summed E-state index contributed by atoms with van der Waals surface area (Å²) in [4.78, 5) is 10.7. The van der Waals surface area contributed by atoms with Crippen LogP contribution in [0.25, 0.3) is 0 Å². The van der Waals surface area contributed by atoms with Crippen molar-refractivity contribution >= 4 is 17.3 Å². The molecule has 5 nitrogen and oxygen atoms in total. The summed E-state index contributed by atoms with van der Waals surface area (Å²) in [5.41, 5.74) is 3.01. The minimum atomic E-state index is -0.211. The second kappa shape index (κ2) is 13.5. The number of carbonyl (C=O) groups is 1. The van der Waals surface area contributed by atoms with Crippen LogP contribution in [-0.2, 0) is 16.0 Å². The Kier molecular flexibility index (Phi) is 10.5. The third-order valence-corrected chi connectivity index (χ3v) is 4.49. The van der Waals surface area contributed by atoms with Crippen molar-refractivity contribution in [3.05, 3.63) is 54.1 Å². The Morgan fingerprint density at radius 2 is 1.38 bits per heavy atom. The lowest BCUT2D eigenvalue weighted by molar-refractivity contribution is -0.141. The lowest BCUT2D eigenvalue weighted by Crippen LogP contribution is -2.01. The molecule has 0 saturated carbocycles. The van der Waals surface area contributed by atoms with Crippen LogP contribution in [0.15, 0.2) is 58.8 Å². The van der Waals surface area contributed by atoms with Crippen LogP contribution in [0.5, 0.6) is 5.75 Å². The molecule has 0 fully saturated rings. The molecule has 0 amide bonds. The van der Waals surface area contributed by atoms with Gasteiger partial charge in [0.25, 0.3) is 0 Å². The van der Waals surface area contributed by atoms with E-state index >= 15 is 0 Å². The van der Waals surface area contributed by atoms with Gasteiger partial charge in [0.05, 0.1) is 24.6 Å². The van der Waals surface area contributed by atoms with E-state index in [4.69, 9.17) is 9.47 Å². The molecule has 0 unspecified atom stereocenters. The summed E-state index contributed by atoms with van der Waals surface area (Å²) >= 11 is 0. The van der Waals surface area contributed by atoms with Crippen LogP contribution in [0.3, 0.4) is 0 Å². The van der Waals surface area contributed by atoms with Crippen molar-refractivity contribution < 1.29 is 14.3 Å². The molecule has 2 rings (SSSR count). The molecule has 156 valence electrons. The zero-order valence-corrected chi connectivity index (χ0v) is 17.6. The Hall–Kier alpha value is -2.69. The molecule has 2 aromatic carbocycles. The number of carbonyl (C=O) groups excluding carboxylic acids is 1. The van der Waals surface area contributed by atoms with Crippen molar-refractivity contribution in [3.63, 3.8) is 0 Å². The zero-order valence-electron chi connectivity index (χ0n) is 17.6. The zero-order chi connectivity index (χ0) is 20.7. The molecule has 0 atom stereocenters. The van der Waals surface area contributed by atoms with Gasteiger partial charge in [-0.25, -0.2) is 0 Å². The summed E-state index contributed by atoms with van der Waals surface area (Å²) in [6, 6.07) is 15.9. The fourth-order valence-corrected chi connectivity index (χ4v) is 2.80. The summed E-state index contributed by atoms with van der Waals surface area (Å²) in [6.07, 6.45) is 7.52. The summed E-state index contributed by atoms with van der Waals surface area (Å²) in [5, 5.41) is 8.60. The molecule has 0 saturated heterocycles. The average molecular weight is 397 g/mol. The van der Waals surface area contributed by atoms with Gasteiger partial charge in [-0.05, 0) is 80.5 Å². The Balaban J connectivity index is 1.66. The summed E-state index contributed by atoms with van der Waals surface area (Å²) < 4.78 is 10.7. The van der Waals surface area contributed by atoms with E-state index in [0.717, 1.165) is 49.2 Å². The van der Waals surface area contributed by atoms with Gasteiger partial charge in [0.1, 0.15) is 5.75 Å². The number of unbranched alkanes of at least 4 members (excludes halogenated alkanes) is 4. The Morgan fingerprint density at radius 1 is 0.793 bits per heavy atom. The van der Waals surface area contributed by atoms with E-state index in [9.17, 15) is 4.79 Å². The van der Waals surface area contributed by atoms with Crippen molar-refractivity contribution in [2.75, 3.05) is 13.2 Å². The highest BCUT2D eigenvalue weighted by Crippen LogP contribution is 2.22. The van der Waals surface area contributed by atoms with Gasteiger partial charge in [-0.15, -0.1) is 0 Å². The van der Waals surface area contributed by atoms with Crippen molar-refractivity contribution in [2.45, 2.75) is 58.8 Å². The monoisotopic (exact) mass is 396 g/mol. The van der Waals surface area contributed by atoms with Crippen LogP contribution in [-0.4, -0.2) is 19.2 Å². The fraction of sp³-hybridized carbons (Fsp3) is 0.458. The van der Waals surface area contributed by atoms with E-state index < -0.39 is 0 Å². The molecule has 0 bridgehead atoms. The largest absolute Gasteiger partial charge is 0.494 e. The molecular weight excluding hydrogens is 364 g/mol. The summed E-state index contributed by atoms with van der Waals surface area (Å²) in [6.45, 7) is 4.83. The van der Waals surface area contributed by atoms with Crippen LogP contribution in [0.2, 0.25) is 0 Å². The molecule has 29 heavy (non-hydrogen) atoms. The highest BCUT2D eigenvalue weighted by molar-refractivity contribution is 5.65. The molecule has 0 spiro atoms. The number of hydrogen-bond donors (Lipinski definition) is 0. The minimum Gasteiger partial charge on any atom is -0.494 e. The van der Waals surface area contributed by atoms with Gasteiger partial charge in [0, 0.05) is 6.92 Å². The minimum absolute atomic E-state index is 0.211. The van der Waals surface area contributed by atoms with Gasteiger partial charge in [0.15, 0.2) is 0 Å². The maximum atomic E-state index is 10.7. The number of azo groups is 1. The molecule has 0 radical (unpaired) electrons. The normalized spacial score (nSPS) is 11.0. The Bertz CT molecular complexity index is 740. The molecule has 0 N–H and O–H groups in total. The van der Waals surface area contributed by atoms with E-state index in [1.165, 1.54) is 25.3 Å². The van der Waals surface area contributed by atoms with Crippen molar-refractivity contribution in [2.24, 2.45) is 10.2 Å².